The normalized spacial score (nSPS) is 13.5. The monoisotopic (exact) mass is 255 g/mol. The Balaban J connectivity index is 1.96. The summed E-state index contributed by atoms with van der Waals surface area (Å²) in [5.41, 5.74) is 10.1. The summed E-state index contributed by atoms with van der Waals surface area (Å²) < 4.78 is 0. The minimum absolute atomic E-state index is 0.507. The van der Waals surface area contributed by atoms with Crippen molar-refractivity contribution in [3.63, 3.8) is 0 Å². The first-order chi connectivity index (χ1) is 9.20. The molecule has 0 saturated carbocycles. The lowest BCUT2D eigenvalue weighted by Crippen LogP contribution is -2.04. The number of anilines is 1. The van der Waals surface area contributed by atoms with E-state index >= 15 is 0 Å². The summed E-state index contributed by atoms with van der Waals surface area (Å²) in [5, 5.41) is 0. The van der Waals surface area contributed by atoms with Crippen LogP contribution in [0.3, 0.4) is 0 Å². The Morgan fingerprint density at radius 1 is 1.26 bits per heavy atom. The van der Waals surface area contributed by atoms with Gasteiger partial charge in [-0.1, -0.05) is 19.1 Å². The molecule has 0 aliphatic carbocycles. The molecule has 3 nitrogen and oxygen atoms in total. The predicted octanol–water partition coefficient (Wildman–Crippen LogP) is 3.60. The molecule has 0 amide bonds. The molecule has 0 aliphatic heterocycles. The second-order valence-corrected chi connectivity index (χ2v) is 4.86. The van der Waals surface area contributed by atoms with Crippen molar-refractivity contribution in [3.8, 4) is 0 Å². The third-order valence-electron chi connectivity index (χ3n) is 3.50. The van der Waals surface area contributed by atoms with Crippen LogP contribution in [-0.2, 0) is 0 Å². The maximum Gasteiger partial charge on any atom is 0.0594 e. The van der Waals surface area contributed by atoms with Gasteiger partial charge < -0.3 is 10.7 Å². The number of nitrogen functional groups attached to an aromatic ring is 1. The number of hydrogen-bond donors (Lipinski definition) is 2. The minimum Gasteiger partial charge on any atom is -0.399 e. The fraction of sp³-hybridized carbons (Fsp3) is 0.312. The van der Waals surface area contributed by atoms with Gasteiger partial charge in [-0.25, -0.2) is 0 Å². The molecular formula is C16H21N3. The minimum atomic E-state index is 0.507. The van der Waals surface area contributed by atoms with Gasteiger partial charge in [0.25, 0.3) is 0 Å². The molecule has 1 unspecified atom stereocenters. The lowest BCUT2D eigenvalue weighted by atomic mass is 9.94. The second kappa shape index (κ2) is 6.23. The van der Waals surface area contributed by atoms with Crippen LogP contribution in [-0.4, -0.2) is 17.7 Å². The molecule has 1 aromatic heterocycles. The van der Waals surface area contributed by atoms with Gasteiger partial charge in [-0.05, 0) is 48.6 Å². The van der Waals surface area contributed by atoms with Crippen LogP contribution in [0.1, 0.15) is 36.9 Å². The van der Waals surface area contributed by atoms with E-state index in [2.05, 4.69) is 35.1 Å². The number of aliphatic imine (C=N–C) groups is 1. The molecule has 0 fully saturated rings. The second-order valence-electron chi connectivity index (χ2n) is 4.86. The largest absolute Gasteiger partial charge is 0.399 e. The van der Waals surface area contributed by atoms with Crippen LogP contribution >= 0.6 is 0 Å². The topological polar surface area (TPSA) is 54.2 Å². The molecule has 1 heterocycles. The molecule has 3 heteroatoms. The zero-order chi connectivity index (χ0) is 13.7. The number of nitrogens with one attached hydrogen (secondary N) is 1. The van der Waals surface area contributed by atoms with Gasteiger partial charge >= 0.3 is 0 Å². The Labute approximate surface area is 114 Å². The van der Waals surface area contributed by atoms with Crippen LogP contribution in [0.4, 0.5) is 5.69 Å². The molecule has 1 aromatic carbocycles. The molecule has 2 aromatic rings. The van der Waals surface area contributed by atoms with E-state index in [4.69, 9.17) is 5.73 Å². The maximum absolute atomic E-state index is 5.71. The van der Waals surface area contributed by atoms with Crippen LogP contribution in [0.2, 0.25) is 0 Å². The van der Waals surface area contributed by atoms with Crippen LogP contribution in [0.25, 0.3) is 0 Å². The van der Waals surface area contributed by atoms with E-state index in [1.54, 1.807) is 0 Å². The molecule has 3 N–H and O–H groups in total. The molecule has 2 rings (SSSR count). The number of aromatic nitrogens is 1. The Morgan fingerprint density at radius 2 is 2.00 bits per heavy atom. The highest BCUT2D eigenvalue weighted by atomic mass is 14.8. The first-order valence-corrected chi connectivity index (χ1v) is 6.65. The van der Waals surface area contributed by atoms with Crippen molar-refractivity contribution in [2.75, 3.05) is 12.8 Å². The zero-order valence-corrected chi connectivity index (χ0v) is 11.6. The average Bonchev–Trinajstić information content (AvgIpc) is 2.94. The lowest BCUT2D eigenvalue weighted by Gasteiger charge is -2.12. The number of rotatable bonds is 5. The molecule has 0 spiro atoms. The SMILES string of the molecule is CN=C(CCC(C)c1ccc(N)cc1)c1ccc[nH]1. The first kappa shape index (κ1) is 13.4. The molecule has 0 saturated heterocycles. The van der Waals surface area contributed by atoms with E-state index < -0.39 is 0 Å². The molecule has 0 radical (unpaired) electrons. The van der Waals surface area contributed by atoms with Crippen molar-refractivity contribution in [1.82, 2.24) is 4.98 Å². The van der Waals surface area contributed by atoms with Crippen LogP contribution < -0.4 is 5.73 Å². The van der Waals surface area contributed by atoms with Crippen LogP contribution in [0.15, 0.2) is 47.6 Å². The van der Waals surface area contributed by atoms with Crippen molar-refractivity contribution >= 4 is 11.4 Å². The Morgan fingerprint density at radius 3 is 2.58 bits per heavy atom. The quantitative estimate of drug-likeness (QED) is 0.622. The molecule has 0 aliphatic rings. The van der Waals surface area contributed by atoms with Crippen molar-refractivity contribution in [2.24, 2.45) is 4.99 Å². The van der Waals surface area contributed by atoms with Gasteiger partial charge in [-0.2, -0.15) is 0 Å². The summed E-state index contributed by atoms with van der Waals surface area (Å²) in [4.78, 5) is 7.59. The van der Waals surface area contributed by atoms with E-state index in [0.717, 1.165) is 29.9 Å². The van der Waals surface area contributed by atoms with Crippen LogP contribution in [0, 0.1) is 0 Å². The van der Waals surface area contributed by atoms with E-state index in [1.807, 2.05) is 31.4 Å². The van der Waals surface area contributed by atoms with Gasteiger partial charge in [0.2, 0.25) is 0 Å². The Bertz CT molecular complexity index is 524. The van der Waals surface area contributed by atoms with Gasteiger partial charge in [-0.3, -0.25) is 4.99 Å². The third kappa shape index (κ3) is 3.47. The number of H-pyrrole nitrogens is 1. The molecule has 19 heavy (non-hydrogen) atoms. The average molecular weight is 255 g/mol. The lowest BCUT2D eigenvalue weighted by molar-refractivity contribution is 0.703. The smallest absolute Gasteiger partial charge is 0.0594 e. The fourth-order valence-electron chi connectivity index (χ4n) is 2.22. The summed E-state index contributed by atoms with van der Waals surface area (Å²) in [7, 11) is 1.85. The summed E-state index contributed by atoms with van der Waals surface area (Å²) >= 11 is 0. The van der Waals surface area contributed by atoms with Crippen molar-refractivity contribution < 1.29 is 0 Å². The van der Waals surface area contributed by atoms with Gasteiger partial charge in [0, 0.05) is 18.9 Å². The summed E-state index contributed by atoms with van der Waals surface area (Å²) in [6.45, 7) is 2.24. The van der Waals surface area contributed by atoms with Gasteiger partial charge in [0.1, 0.15) is 0 Å². The number of nitrogens with two attached hydrogens (primary N) is 1. The van der Waals surface area contributed by atoms with Crippen LogP contribution in [0.5, 0.6) is 0 Å². The third-order valence-corrected chi connectivity index (χ3v) is 3.50. The molecular weight excluding hydrogens is 234 g/mol. The molecule has 1 atom stereocenters. The highest BCUT2D eigenvalue weighted by Crippen LogP contribution is 2.22. The van der Waals surface area contributed by atoms with Gasteiger partial charge in [0.15, 0.2) is 0 Å². The number of aromatic amines is 1. The highest BCUT2D eigenvalue weighted by Gasteiger charge is 2.09. The molecule has 100 valence electrons. The van der Waals surface area contributed by atoms with Gasteiger partial charge in [-0.15, -0.1) is 0 Å². The van der Waals surface area contributed by atoms with Gasteiger partial charge in [0.05, 0.1) is 11.4 Å². The van der Waals surface area contributed by atoms with Crippen molar-refractivity contribution in [1.29, 1.82) is 0 Å². The highest BCUT2D eigenvalue weighted by molar-refractivity contribution is 5.98. The number of benzene rings is 1. The van der Waals surface area contributed by atoms with E-state index in [0.29, 0.717) is 5.92 Å². The van der Waals surface area contributed by atoms with Crippen molar-refractivity contribution in [2.45, 2.75) is 25.7 Å². The first-order valence-electron chi connectivity index (χ1n) is 6.65. The Hall–Kier alpha value is -2.03. The predicted molar refractivity (Wildman–Crippen MR) is 81.8 cm³/mol. The number of nitrogens with zero attached hydrogens (tertiary/aromatic N) is 1. The standard InChI is InChI=1S/C16H21N3/c1-12(13-6-8-14(17)9-7-13)5-10-15(18-2)16-4-3-11-19-16/h3-4,6-9,11-12,19H,5,10,17H2,1-2H3. The maximum atomic E-state index is 5.71. The Kier molecular flexibility index (Phi) is 4.39. The fourth-order valence-corrected chi connectivity index (χ4v) is 2.22. The van der Waals surface area contributed by atoms with Crippen molar-refractivity contribution in [3.05, 3.63) is 53.9 Å². The summed E-state index contributed by atoms with van der Waals surface area (Å²) in [6.07, 6.45) is 3.99. The van der Waals surface area contributed by atoms with E-state index in [1.165, 1.54) is 5.56 Å². The zero-order valence-electron chi connectivity index (χ0n) is 11.6. The summed E-state index contributed by atoms with van der Waals surface area (Å²) in [6, 6.07) is 12.2. The molecule has 0 bridgehead atoms. The van der Waals surface area contributed by atoms with E-state index in [9.17, 15) is 0 Å². The summed E-state index contributed by atoms with van der Waals surface area (Å²) in [5.74, 6) is 0.507. The number of hydrogen-bond acceptors (Lipinski definition) is 2. The van der Waals surface area contributed by atoms with E-state index in [-0.39, 0.29) is 0 Å².